The van der Waals surface area contributed by atoms with Gasteiger partial charge in [0.15, 0.2) is 5.69 Å². The van der Waals surface area contributed by atoms with Crippen molar-refractivity contribution in [3.63, 3.8) is 0 Å². The number of nitrogens with zero attached hydrogens (tertiary/aromatic N) is 2. The molecule has 1 heterocycles. The van der Waals surface area contributed by atoms with Gasteiger partial charge in [-0.25, -0.2) is 0 Å². The Bertz CT molecular complexity index is 451. The Morgan fingerprint density at radius 3 is 2.83 bits per heavy atom. The summed E-state index contributed by atoms with van der Waals surface area (Å²) in [7, 11) is 0. The molecule has 1 amide bonds. The molecule has 0 saturated heterocycles. The Hall–Kier alpha value is -1.85. The number of rotatable bonds is 6. The number of hydrogen-bond acceptors (Lipinski definition) is 4. The minimum Gasteiger partial charge on any atom is -0.480 e. The van der Waals surface area contributed by atoms with E-state index in [1.54, 1.807) is 6.07 Å². The Balaban J connectivity index is 2.07. The molecule has 1 N–H and O–H groups in total. The molecule has 0 atom stereocenters. The van der Waals surface area contributed by atoms with Gasteiger partial charge in [-0.2, -0.15) is 0 Å². The standard InChI is InChI=1S/C12H16N2O4/c1-2-5-14(7-11(15)16)12(17)9-6-10(18-13-9)8-3-4-8/h6,8H,2-5,7H2,1H3,(H,15,16). The van der Waals surface area contributed by atoms with E-state index in [2.05, 4.69) is 5.16 Å². The van der Waals surface area contributed by atoms with Crippen molar-refractivity contribution in [2.45, 2.75) is 32.1 Å². The normalized spacial score (nSPS) is 14.5. The number of carboxylic acid groups (broad SMARTS) is 1. The molecule has 98 valence electrons. The molecule has 18 heavy (non-hydrogen) atoms. The first-order chi connectivity index (χ1) is 8.61. The zero-order chi connectivity index (χ0) is 13.1. The highest BCUT2D eigenvalue weighted by atomic mass is 16.5. The van der Waals surface area contributed by atoms with Crippen LogP contribution >= 0.6 is 0 Å². The zero-order valence-corrected chi connectivity index (χ0v) is 10.3. The van der Waals surface area contributed by atoms with Crippen molar-refractivity contribution in [3.8, 4) is 0 Å². The van der Waals surface area contributed by atoms with Gasteiger partial charge >= 0.3 is 5.97 Å². The van der Waals surface area contributed by atoms with Crippen LogP contribution in [0.15, 0.2) is 10.6 Å². The first-order valence-corrected chi connectivity index (χ1v) is 6.09. The van der Waals surface area contributed by atoms with Gasteiger partial charge in [0, 0.05) is 18.5 Å². The summed E-state index contributed by atoms with van der Waals surface area (Å²) >= 11 is 0. The predicted octanol–water partition coefficient (Wildman–Crippen LogP) is 1.49. The maximum absolute atomic E-state index is 12.1. The first-order valence-electron chi connectivity index (χ1n) is 6.09. The molecule has 0 aliphatic heterocycles. The second kappa shape index (κ2) is 5.20. The Labute approximate surface area is 105 Å². The van der Waals surface area contributed by atoms with Crippen LogP contribution in [-0.4, -0.2) is 40.1 Å². The quantitative estimate of drug-likeness (QED) is 0.829. The van der Waals surface area contributed by atoms with E-state index in [-0.39, 0.29) is 18.1 Å². The molecular formula is C12H16N2O4. The third-order valence-electron chi connectivity index (χ3n) is 2.83. The first kappa shape index (κ1) is 12.6. The van der Waals surface area contributed by atoms with E-state index >= 15 is 0 Å². The third-order valence-corrected chi connectivity index (χ3v) is 2.83. The monoisotopic (exact) mass is 252 g/mol. The van der Waals surface area contributed by atoms with Crippen molar-refractivity contribution >= 4 is 11.9 Å². The summed E-state index contributed by atoms with van der Waals surface area (Å²) in [5.74, 6) is -0.291. The number of aromatic nitrogens is 1. The van der Waals surface area contributed by atoms with Gasteiger partial charge in [0.25, 0.3) is 5.91 Å². The summed E-state index contributed by atoms with van der Waals surface area (Å²) in [5, 5.41) is 12.5. The highest BCUT2D eigenvalue weighted by Gasteiger charge is 2.30. The van der Waals surface area contributed by atoms with Crippen LogP contribution in [-0.2, 0) is 4.79 Å². The fraction of sp³-hybridized carbons (Fsp3) is 0.583. The lowest BCUT2D eigenvalue weighted by Crippen LogP contribution is -2.36. The topological polar surface area (TPSA) is 83.6 Å². The van der Waals surface area contributed by atoms with E-state index in [1.807, 2.05) is 6.92 Å². The van der Waals surface area contributed by atoms with Crippen LogP contribution in [0.1, 0.15) is 48.4 Å². The summed E-state index contributed by atoms with van der Waals surface area (Å²) in [5.41, 5.74) is 0.201. The van der Waals surface area contributed by atoms with E-state index in [0.717, 1.165) is 18.6 Å². The van der Waals surface area contributed by atoms with E-state index < -0.39 is 5.97 Å². The van der Waals surface area contributed by atoms with Crippen LogP contribution in [0.4, 0.5) is 0 Å². The molecule has 1 aliphatic rings. The number of carboxylic acids is 1. The lowest BCUT2D eigenvalue weighted by molar-refractivity contribution is -0.137. The van der Waals surface area contributed by atoms with Crippen molar-refractivity contribution in [3.05, 3.63) is 17.5 Å². The Kier molecular flexibility index (Phi) is 3.64. The van der Waals surface area contributed by atoms with Crippen molar-refractivity contribution in [2.24, 2.45) is 0 Å². The van der Waals surface area contributed by atoms with Crippen molar-refractivity contribution in [2.75, 3.05) is 13.1 Å². The lowest BCUT2D eigenvalue weighted by Gasteiger charge is -2.18. The molecule has 0 spiro atoms. The number of amides is 1. The van der Waals surface area contributed by atoms with Crippen LogP contribution < -0.4 is 0 Å². The molecular weight excluding hydrogens is 236 g/mol. The fourth-order valence-corrected chi connectivity index (χ4v) is 1.80. The summed E-state index contributed by atoms with van der Waals surface area (Å²) in [6.07, 6.45) is 2.83. The molecule has 1 aromatic heterocycles. The summed E-state index contributed by atoms with van der Waals surface area (Å²) in [4.78, 5) is 24.0. The molecule has 0 unspecified atom stereocenters. The van der Waals surface area contributed by atoms with E-state index in [9.17, 15) is 9.59 Å². The highest BCUT2D eigenvalue weighted by Crippen LogP contribution is 2.40. The molecule has 0 aromatic carbocycles. The van der Waals surface area contributed by atoms with Crippen molar-refractivity contribution < 1.29 is 19.2 Å². The fourth-order valence-electron chi connectivity index (χ4n) is 1.80. The van der Waals surface area contributed by atoms with Gasteiger partial charge in [0.2, 0.25) is 0 Å². The van der Waals surface area contributed by atoms with Crippen LogP contribution in [0.2, 0.25) is 0 Å². The number of carbonyl (C=O) groups is 2. The number of hydrogen-bond donors (Lipinski definition) is 1. The van der Waals surface area contributed by atoms with Crippen LogP contribution in [0.3, 0.4) is 0 Å². The largest absolute Gasteiger partial charge is 0.480 e. The summed E-state index contributed by atoms with van der Waals surface area (Å²) in [6.45, 7) is 1.98. The zero-order valence-electron chi connectivity index (χ0n) is 10.3. The predicted molar refractivity (Wildman–Crippen MR) is 62.3 cm³/mol. The molecule has 1 fully saturated rings. The molecule has 1 aromatic rings. The molecule has 6 nitrogen and oxygen atoms in total. The second-order valence-corrected chi connectivity index (χ2v) is 4.51. The van der Waals surface area contributed by atoms with E-state index in [1.165, 1.54) is 4.90 Å². The van der Waals surface area contributed by atoms with Gasteiger partial charge in [0.1, 0.15) is 12.3 Å². The molecule has 2 rings (SSSR count). The molecule has 1 aliphatic carbocycles. The van der Waals surface area contributed by atoms with Crippen LogP contribution in [0.5, 0.6) is 0 Å². The molecule has 0 radical (unpaired) electrons. The number of aliphatic carboxylic acids is 1. The number of carbonyl (C=O) groups excluding carboxylic acids is 1. The van der Waals surface area contributed by atoms with Gasteiger partial charge in [0.05, 0.1) is 0 Å². The van der Waals surface area contributed by atoms with E-state index in [4.69, 9.17) is 9.63 Å². The average Bonchev–Trinajstić information content (AvgIpc) is 3.05. The minimum atomic E-state index is -1.03. The van der Waals surface area contributed by atoms with Crippen molar-refractivity contribution in [1.82, 2.24) is 10.1 Å². The molecule has 1 saturated carbocycles. The van der Waals surface area contributed by atoms with E-state index in [0.29, 0.717) is 18.9 Å². The van der Waals surface area contributed by atoms with Crippen LogP contribution in [0.25, 0.3) is 0 Å². The summed E-state index contributed by atoms with van der Waals surface area (Å²) in [6, 6.07) is 1.63. The average molecular weight is 252 g/mol. The summed E-state index contributed by atoms with van der Waals surface area (Å²) < 4.78 is 5.10. The Morgan fingerprint density at radius 1 is 1.56 bits per heavy atom. The maximum Gasteiger partial charge on any atom is 0.323 e. The SMILES string of the molecule is CCCN(CC(=O)O)C(=O)c1cc(C2CC2)on1. The van der Waals surface area contributed by atoms with Gasteiger partial charge in [-0.1, -0.05) is 12.1 Å². The van der Waals surface area contributed by atoms with Crippen LogP contribution in [0, 0.1) is 0 Å². The maximum atomic E-state index is 12.1. The third kappa shape index (κ3) is 2.88. The smallest absolute Gasteiger partial charge is 0.323 e. The highest BCUT2D eigenvalue weighted by molar-refractivity contribution is 5.94. The molecule has 6 heteroatoms. The molecule has 0 bridgehead atoms. The van der Waals surface area contributed by atoms with Gasteiger partial charge in [-0.3, -0.25) is 9.59 Å². The van der Waals surface area contributed by atoms with Gasteiger partial charge in [-0.05, 0) is 19.3 Å². The van der Waals surface area contributed by atoms with Crippen molar-refractivity contribution in [1.29, 1.82) is 0 Å². The second-order valence-electron chi connectivity index (χ2n) is 4.51. The Morgan fingerprint density at radius 2 is 2.28 bits per heavy atom. The minimum absolute atomic E-state index is 0.201. The van der Waals surface area contributed by atoms with Gasteiger partial charge in [-0.15, -0.1) is 0 Å². The lowest BCUT2D eigenvalue weighted by atomic mass is 10.2. The van der Waals surface area contributed by atoms with Gasteiger partial charge < -0.3 is 14.5 Å².